The molecule has 0 spiro atoms. The number of carbonyl (C=O) groups is 1. The average molecular weight is 525 g/mol. The summed E-state index contributed by atoms with van der Waals surface area (Å²) in [5.74, 6) is 1.05. The van der Waals surface area contributed by atoms with Crippen molar-refractivity contribution in [2.45, 2.75) is 16.4 Å². The van der Waals surface area contributed by atoms with Gasteiger partial charge in [-0.1, -0.05) is 0 Å². The number of nitro groups is 1. The molecule has 9 nitrogen and oxygen atoms in total. The van der Waals surface area contributed by atoms with Crippen LogP contribution in [0.5, 0.6) is 5.75 Å². The van der Waals surface area contributed by atoms with E-state index in [2.05, 4.69) is 15.3 Å². The van der Waals surface area contributed by atoms with Crippen molar-refractivity contribution in [2.24, 2.45) is 4.99 Å². The Morgan fingerprint density at radius 3 is 2.83 bits per heavy atom. The summed E-state index contributed by atoms with van der Waals surface area (Å²) in [7, 11) is 0. The van der Waals surface area contributed by atoms with Crippen molar-refractivity contribution in [3.8, 4) is 5.75 Å². The zero-order chi connectivity index (χ0) is 24.4. The van der Waals surface area contributed by atoms with Gasteiger partial charge >= 0.3 is 0 Å². The van der Waals surface area contributed by atoms with E-state index in [4.69, 9.17) is 9.15 Å². The SMILES string of the molecule is CCOc1ccc2nc(Sc3ccc(/C=C4\SC(=Nc5ccc([N+](=O)[O-])cc5)NC4=O)o3)sc2c1. The van der Waals surface area contributed by atoms with Gasteiger partial charge in [-0.15, -0.1) is 11.3 Å². The van der Waals surface area contributed by atoms with Gasteiger partial charge in [-0.05, 0) is 72.9 Å². The second-order valence-corrected chi connectivity index (χ2v) is 10.4. The Kier molecular flexibility index (Phi) is 6.57. The molecule has 0 saturated carbocycles. The molecule has 0 atom stereocenters. The van der Waals surface area contributed by atoms with Gasteiger partial charge in [0.1, 0.15) is 11.5 Å². The van der Waals surface area contributed by atoms with Gasteiger partial charge in [0.2, 0.25) is 0 Å². The maximum atomic E-state index is 12.4. The first-order chi connectivity index (χ1) is 17.0. The number of benzene rings is 2. The molecule has 1 saturated heterocycles. The summed E-state index contributed by atoms with van der Waals surface area (Å²) in [5.41, 5.74) is 1.37. The summed E-state index contributed by atoms with van der Waals surface area (Å²) in [6.45, 7) is 2.56. The van der Waals surface area contributed by atoms with Crippen LogP contribution in [0, 0.1) is 10.1 Å². The number of carbonyl (C=O) groups excluding carboxylic acids is 1. The molecule has 0 radical (unpaired) electrons. The molecule has 5 rings (SSSR count). The van der Waals surface area contributed by atoms with E-state index in [1.54, 1.807) is 23.5 Å². The van der Waals surface area contributed by atoms with Crippen molar-refractivity contribution >= 4 is 73.6 Å². The number of rotatable bonds is 7. The summed E-state index contributed by atoms with van der Waals surface area (Å²) in [4.78, 5) is 32.1. The van der Waals surface area contributed by atoms with Crippen LogP contribution in [0.4, 0.5) is 11.4 Å². The van der Waals surface area contributed by atoms with Crippen molar-refractivity contribution in [1.82, 2.24) is 10.3 Å². The molecule has 35 heavy (non-hydrogen) atoms. The molecule has 1 fully saturated rings. The fourth-order valence-corrected chi connectivity index (χ4v) is 5.93. The molecule has 2 aromatic heterocycles. The predicted octanol–water partition coefficient (Wildman–Crippen LogP) is 6.24. The smallest absolute Gasteiger partial charge is 0.269 e. The number of hydrogen-bond donors (Lipinski definition) is 1. The predicted molar refractivity (Wildman–Crippen MR) is 138 cm³/mol. The van der Waals surface area contributed by atoms with Crippen LogP contribution in [0.1, 0.15) is 12.7 Å². The molecule has 0 bridgehead atoms. The minimum Gasteiger partial charge on any atom is -0.494 e. The number of thioether (sulfide) groups is 1. The van der Waals surface area contributed by atoms with Crippen LogP contribution in [0.25, 0.3) is 16.3 Å². The van der Waals surface area contributed by atoms with E-state index in [-0.39, 0.29) is 11.6 Å². The number of ether oxygens (including phenoxy) is 1. The molecule has 0 aliphatic carbocycles. The zero-order valence-electron chi connectivity index (χ0n) is 18.1. The van der Waals surface area contributed by atoms with E-state index in [9.17, 15) is 14.9 Å². The molecular weight excluding hydrogens is 508 g/mol. The van der Waals surface area contributed by atoms with Crippen molar-refractivity contribution in [2.75, 3.05) is 6.61 Å². The third-order valence-corrected chi connectivity index (χ3v) is 7.57. The lowest BCUT2D eigenvalue weighted by Gasteiger charge is -2.00. The van der Waals surface area contributed by atoms with Gasteiger partial charge in [0.25, 0.3) is 11.6 Å². The van der Waals surface area contributed by atoms with Crippen LogP contribution in [0.15, 0.2) is 78.3 Å². The number of nitro benzene ring substituents is 1. The van der Waals surface area contributed by atoms with Crippen LogP contribution < -0.4 is 10.1 Å². The first kappa shape index (κ1) is 23.1. The van der Waals surface area contributed by atoms with E-state index in [1.165, 1.54) is 47.8 Å². The molecule has 0 unspecified atom stereocenters. The van der Waals surface area contributed by atoms with Crippen LogP contribution in [-0.4, -0.2) is 27.6 Å². The van der Waals surface area contributed by atoms with Crippen molar-refractivity contribution in [3.63, 3.8) is 0 Å². The van der Waals surface area contributed by atoms with Gasteiger partial charge in [-0.25, -0.2) is 9.98 Å². The standard InChI is InChI=1S/C23H16N4O5S3/c1-2-31-15-7-9-17-18(11-15)34-23(25-17)35-20-10-8-16(32-20)12-19-21(28)26-22(33-19)24-13-3-5-14(6-4-13)27(29)30/h3-12H,2H2,1H3,(H,24,26,28)/b19-12-. The lowest BCUT2D eigenvalue weighted by molar-refractivity contribution is -0.384. The van der Waals surface area contributed by atoms with Gasteiger partial charge in [0.15, 0.2) is 14.6 Å². The number of furan rings is 1. The van der Waals surface area contributed by atoms with Crippen molar-refractivity contribution in [1.29, 1.82) is 0 Å². The molecular formula is C23H16N4O5S3. The Hall–Kier alpha value is -3.61. The number of aromatic nitrogens is 1. The van der Waals surface area contributed by atoms with E-state index in [1.807, 2.05) is 31.2 Å². The number of thiazole rings is 1. The Morgan fingerprint density at radius 1 is 1.23 bits per heavy atom. The maximum absolute atomic E-state index is 12.4. The molecule has 4 aromatic rings. The maximum Gasteiger partial charge on any atom is 0.269 e. The zero-order valence-corrected chi connectivity index (χ0v) is 20.5. The third-order valence-electron chi connectivity index (χ3n) is 4.66. The normalized spacial score (nSPS) is 15.7. The second kappa shape index (κ2) is 9.94. The highest BCUT2D eigenvalue weighted by molar-refractivity contribution is 8.18. The lowest BCUT2D eigenvalue weighted by Crippen LogP contribution is -2.19. The molecule has 2 aromatic carbocycles. The largest absolute Gasteiger partial charge is 0.494 e. The highest BCUT2D eigenvalue weighted by Crippen LogP contribution is 2.37. The van der Waals surface area contributed by atoms with Gasteiger partial charge in [0, 0.05) is 18.2 Å². The monoisotopic (exact) mass is 524 g/mol. The minimum absolute atomic E-state index is 0.0229. The summed E-state index contributed by atoms with van der Waals surface area (Å²) >= 11 is 4.13. The van der Waals surface area contributed by atoms with E-state index in [0.29, 0.717) is 33.2 Å². The number of fused-ring (bicyclic) bond motifs is 1. The van der Waals surface area contributed by atoms with Crippen LogP contribution in [0.2, 0.25) is 0 Å². The second-order valence-electron chi connectivity index (χ2n) is 7.06. The number of hydrogen-bond acceptors (Lipinski definition) is 10. The van der Waals surface area contributed by atoms with Gasteiger partial charge in [0.05, 0.1) is 32.3 Å². The minimum atomic E-state index is -0.477. The number of amides is 1. The molecule has 12 heteroatoms. The Balaban J connectivity index is 1.27. The fraction of sp³-hybridized carbons (Fsp3) is 0.0870. The summed E-state index contributed by atoms with van der Waals surface area (Å²) in [5, 5.41) is 14.5. The van der Waals surface area contributed by atoms with Crippen LogP contribution in [-0.2, 0) is 4.79 Å². The summed E-state index contributed by atoms with van der Waals surface area (Å²) in [6, 6.07) is 15.2. The van der Waals surface area contributed by atoms with Gasteiger partial charge < -0.3 is 14.5 Å². The number of non-ortho nitro benzene ring substituents is 1. The van der Waals surface area contributed by atoms with Crippen LogP contribution >= 0.6 is 34.9 Å². The summed E-state index contributed by atoms with van der Waals surface area (Å²) < 4.78 is 13.3. The van der Waals surface area contributed by atoms with Crippen LogP contribution in [0.3, 0.4) is 0 Å². The van der Waals surface area contributed by atoms with Crippen molar-refractivity contribution in [3.05, 3.63) is 75.4 Å². The first-order valence-electron chi connectivity index (χ1n) is 10.3. The average Bonchev–Trinajstić information content (AvgIpc) is 3.53. The fourth-order valence-electron chi connectivity index (χ4n) is 3.11. The molecule has 1 aliphatic heterocycles. The number of nitrogens with zero attached hydrogens (tertiary/aromatic N) is 3. The topological polar surface area (TPSA) is 120 Å². The third kappa shape index (κ3) is 5.39. The molecule has 176 valence electrons. The quantitative estimate of drug-likeness (QED) is 0.171. The summed E-state index contributed by atoms with van der Waals surface area (Å²) in [6.07, 6.45) is 1.65. The van der Waals surface area contributed by atoms with E-state index in [0.717, 1.165) is 20.3 Å². The van der Waals surface area contributed by atoms with E-state index < -0.39 is 4.92 Å². The number of amidine groups is 1. The Labute approximate surface area is 211 Å². The molecule has 1 amide bonds. The Bertz CT molecular complexity index is 1490. The highest BCUT2D eigenvalue weighted by atomic mass is 32.2. The van der Waals surface area contributed by atoms with Gasteiger partial charge in [-0.3, -0.25) is 14.9 Å². The van der Waals surface area contributed by atoms with E-state index >= 15 is 0 Å². The lowest BCUT2D eigenvalue weighted by atomic mass is 10.3. The van der Waals surface area contributed by atoms with Gasteiger partial charge in [-0.2, -0.15) is 0 Å². The first-order valence-corrected chi connectivity index (χ1v) is 12.8. The molecule has 1 N–H and O–H groups in total. The molecule has 3 heterocycles. The highest BCUT2D eigenvalue weighted by Gasteiger charge is 2.24. The number of nitrogens with one attached hydrogen (secondary N) is 1. The Morgan fingerprint density at radius 2 is 2.06 bits per heavy atom. The van der Waals surface area contributed by atoms with Crippen molar-refractivity contribution < 1.29 is 18.9 Å². The molecule has 1 aliphatic rings. The number of aliphatic imine (C=N–C) groups is 1.